The molecule has 2 nitrogen and oxygen atoms in total. The summed E-state index contributed by atoms with van der Waals surface area (Å²) in [7, 11) is 0. The molecule has 0 unspecified atom stereocenters. The maximum Gasteiger partial charge on any atom is 0.116 e. The summed E-state index contributed by atoms with van der Waals surface area (Å²) in [6.45, 7) is 4.00. The zero-order valence-electron chi connectivity index (χ0n) is 11.0. The molecular weight excluding hydrogens is 372 g/mol. The van der Waals surface area contributed by atoms with E-state index >= 15 is 0 Å². The van der Waals surface area contributed by atoms with Crippen LogP contribution in [0.3, 0.4) is 0 Å². The number of rotatable bonds is 0. The van der Waals surface area contributed by atoms with Gasteiger partial charge < -0.3 is 10.2 Å². The first-order chi connectivity index (χ1) is 8.99. The third kappa shape index (κ3) is 10.7. The molecule has 2 aromatic carbocycles. The molecule has 2 N–H and O–H groups in total. The summed E-state index contributed by atoms with van der Waals surface area (Å²) in [6.07, 6.45) is 0. The lowest BCUT2D eigenvalue weighted by atomic mass is 10.2. The first-order valence-electron chi connectivity index (χ1n) is 5.77. The number of halogens is 2. The van der Waals surface area contributed by atoms with E-state index in [1.54, 1.807) is 25.1 Å². The minimum Gasteiger partial charge on any atom is -0.508 e. The van der Waals surface area contributed by atoms with E-state index in [1.807, 2.05) is 18.2 Å². The fourth-order valence-electron chi connectivity index (χ4n) is 1.08. The van der Waals surface area contributed by atoms with Crippen LogP contribution in [0, 0.1) is 6.92 Å². The van der Waals surface area contributed by atoms with Crippen molar-refractivity contribution < 1.29 is 10.2 Å². The largest absolute Gasteiger partial charge is 0.508 e. The van der Waals surface area contributed by atoms with E-state index in [1.165, 1.54) is 5.56 Å². The normalized spacial score (nSPS) is 8.68. The SMILES string of the molecule is CCO.Cc1cccc(Br)c1.Oc1cccc(Br)c1. The molecule has 0 saturated heterocycles. The summed E-state index contributed by atoms with van der Waals surface area (Å²) >= 11 is 6.56. The van der Waals surface area contributed by atoms with Gasteiger partial charge in [-0.1, -0.05) is 55.6 Å². The van der Waals surface area contributed by atoms with Gasteiger partial charge in [-0.25, -0.2) is 0 Å². The summed E-state index contributed by atoms with van der Waals surface area (Å²) in [5.41, 5.74) is 1.29. The van der Waals surface area contributed by atoms with Crippen LogP contribution in [0.4, 0.5) is 0 Å². The van der Waals surface area contributed by atoms with Crippen LogP contribution < -0.4 is 0 Å². The Kier molecular flexibility index (Phi) is 10.5. The number of hydrogen-bond acceptors (Lipinski definition) is 2. The Morgan fingerprint density at radius 2 is 1.42 bits per heavy atom. The van der Waals surface area contributed by atoms with Crippen LogP contribution in [0.25, 0.3) is 0 Å². The van der Waals surface area contributed by atoms with Gasteiger partial charge in [0, 0.05) is 15.6 Å². The minimum atomic E-state index is 0.250. The van der Waals surface area contributed by atoms with Gasteiger partial charge in [-0.2, -0.15) is 0 Å². The lowest BCUT2D eigenvalue weighted by molar-refractivity contribution is 0.318. The van der Waals surface area contributed by atoms with Gasteiger partial charge in [0.15, 0.2) is 0 Å². The van der Waals surface area contributed by atoms with Gasteiger partial charge in [-0.15, -0.1) is 0 Å². The topological polar surface area (TPSA) is 40.5 Å². The van der Waals surface area contributed by atoms with Gasteiger partial charge in [0.05, 0.1) is 0 Å². The fraction of sp³-hybridized carbons (Fsp3) is 0.200. The predicted octanol–water partition coefficient (Wildman–Crippen LogP) is 4.91. The van der Waals surface area contributed by atoms with Gasteiger partial charge in [0.2, 0.25) is 0 Å². The van der Waals surface area contributed by atoms with Gasteiger partial charge in [-0.3, -0.25) is 0 Å². The first kappa shape index (κ1) is 18.2. The Bertz CT molecular complexity index is 395. The summed E-state index contributed by atoms with van der Waals surface area (Å²) < 4.78 is 2.05. The fourth-order valence-corrected chi connectivity index (χ4v) is 1.98. The van der Waals surface area contributed by atoms with Gasteiger partial charge >= 0.3 is 0 Å². The highest BCUT2D eigenvalue weighted by Gasteiger charge is 1.85. The van der Waals surface area contributed by atoms with Crippen LogP contribution in [0.1, 0.15) is 12.5 Å². The quantitative estimate of drug-likeness (QED) is 0.671. The molecule has 0 amide bonds. The van der Waals surface area contributed by atoms with Crippen molar-refractivity contribution in [2.24, 2.45) is 0 Å². The van der Waals surface area contributed by atoms with Crippen molar-refractivity contribution in [1.29, 1.82) is 0 Å². The minimum absolute atomic E-state index is 0.250. The summed E-state index contributed by atoms with van der Waals surface area (Å²) in [6, 6.07) is 15.1. The molecular formula is C15H18Br2O2. The Labute approximate surface area is 131 Å². The maximum atomic E-state index is 8.78. The molecule has 0 aliphatic rings. The number of aryl methyl sites for hydroxylation is 1. The van der Waals surface area contributed by atoms with E-state index in [9.17, 15) is 0 Å². The molecule has 0 bridgehead atoms. The molecule has 0 atom stereocenters. The van der Waals surface area contributed by atoms with Gasteiger partial charge in [-0.05, 0) is 44.2 Å². The molecule has 0 fully saturated rings. The number of aliphatic hydroxyl groups is 1. The molecule has 0 aliphatic heterocycles. The number of aromatic hydroxyl groups is 1. The van der Waals surface area contributed by atoms with Crippen molar-refractivity contribution in [3.8, 4) is 5.75 Å². The van der Waals surface area contributed by atoms with Crippen molar-refractivity contribution in [3.63, 3.8) is 0 Å². The molecule has 19 heavy (non-hydrogen) atoms. The second-order valence-electron chi connectivity index (χ2n) is 3.60. The Morgan fingerprint density at radius 3 is 1.68 bits per heavy atom. The molecule has 0 spiro atoms. The van der Waals surface area contributed by atoms with Crippen molar-refractivity contribution in [1.82, 2.24) is 0 Å². The summed E-state index contributed by atoms with van der Waals surface area (Å²) in [4.78, 5) is 0. The highest BCUT2D eigenvalue weighted by atomic mass is 79.9. The molecule has 0 aliphatic carbocycles. The molecule has 104 valence electrons. The van der Waals surface area contributed by atoms with E-state index in [4.69, 9.17) is 10.2 Å². The maximum absolute atomic E-state index is 8.78. The smallest absolute Gasteiger partial charge is 0.116 e. The molecule has 0 aromatic heterocycles. The van der Waals surface area contributed by atoms with Crippen LogP contribution in [-0.4, -0.2) is 16.8 Å². The third-order valence-corrected chi connectivity index (χ3v) is 2.77. The van der Waals surface area contributed by atoms with Crippen LogP contribution >= 0.6 is 31.9 Å². The van der Waals surface area contributed by atoms with E-state index in [-0.39, 0.29) is 6.61 Å². The van der Waals surface area contributed by atoms with Gasteiger partial charge in [0.25, 0.3) is 0 Å². The van der Waals surface area contributed by atoms with E-state index < -0.39 is 0 Å². The summed E-state index contributed by atoms with van der Waals surface area (Å²) in [5.74, 6) is 0.291. The average Bonchev–Trinajstić information content (AvgIpc) is 2.30. The summed E-state index contributed by atoms with van der Waals surface area (Å²) in [5, 5.41) is 16.4. The number of aliphatic hydroxyl groups excluding tert-OH is 1. The predicted molar refractivity (Wildman–Crippen MR) is 87.4 cm³/mol. The first-order valence-corrected chi connectivity index (χ1v) is 7.35. The molecule has 0 heterocycles. The number of phenolic OH excluding ortho intramolecular Hbond substituents is 1. The number of hydrogen-bond donors (Lipinski definition) is 2. The number of phenols is 1. The standard InChI is InChI=1S/C7H7Br.C6H5BrO.C2H6O/c1-6-3-2-4-7(8)5-6;7-5-2-1-3-6(8)4-5;1-2-3/h2-5H,1H3;1-4,8H;3H,2H2,1H3. The Morgan fingerprint density at radius 1 is 0.947 bits per heavy atom. The van der Waals surface area contributed by atoms with Crippen LogP contribution in [0.15, 0.2) is 57.5 Å². The highest BCUT2D eigenvalue weighted by Crippen LogP contribution is 2.15. The lowest BCUT2D eigenvalue weighted by Gasteiger charge is -1.89. The second kappa shape index (κ2) is 11.0. The highest BCUT2D eigenvalue weighted by molar-refractivity contribution is 9.10. The van der Waals surface area contributed by atoms with Gasteiger partial charge in [0.1, 0.15) is 5.75 Å². The van der Waals surface area contributed by atoms with E-state index in [2.05, 4.69) is 50.9 Å². The molecule has 0 saturated carbocycles. The van der Waals surface area contributed by atoms with Crippen molar-refractivity contribution in [2.75, 3.05) is 6.61 Å². The molecule has 0 radical (unpaired) electrons. The van der Waals surface area contributed by atoms with E-state index in [0.717, 1.165) is 8.95 Å². The third-order valence-electron chi connectivity index (χ3n) is 1.79. The molecule has 2 rings (SSSR count). The lowest BCUT2D eigenvalue weighted by Crippen LogP contribution is -1.67. The van der Waals surface area contributed by atoms with Crippen LogP contribution in [-0.2, 0) is 0 Å². The van der Waals surface area contributed by atoms with E-state index in [0.29, 0.717) is 5.75 Å². The Balaban J connectivity index is 0.000000284. The monoisotopic (exact) mass is 388 g/mol. The van der Waals surface area contributed by atoms with Crippen molar-refractivity contribution >= 4 is 31.9 Å². The van der Waals surface area contributed by atoms with Crippen molar-refractivity contribution in [3.05, 3.63) is 63.0 Å². The molecule has 4 heteroatoms. The Hall–Kier alpha value is -0.840. The second-order valence-corrected chi connectivity index (χ2v) is 5.43. The van der Waals surface area contributed by atoms with Crippen LogP contribution in [0.5, 0.6) is 5.75 Å². The molecule has 2 aromatic rings. The number of benzene rings is 2. The van der Waals surface area contributed by atoms with Crippen LogP contribution in [0.2, 0.25) is 0 Å². The zero-order valence-corrected chi connectivity index (χ0v) is 14.1. The van der Waals surface area contributed by atoms with Crippen molar-refractivity contribution in [2.45, 2.75) is 13.8 Å². The zero-order chi connectivity index (χ0) is 14.7. The average molecular weight is 390 g/mol.